The van der Waals surface area contributed by atoms with Crippen molar-refractivity contribution in [2.45, 2.75) is 32.4 Å². The molecule has 1 aliphatic heterocycles. The molecule has 1 aromatic heterocycles. The minimum Gasteiger partial charge on any atom is -0.404 e. The van der Waals surface area contributed by atoms with Gasteiger partial charge in [-0.05, 0) is 78.8 Å². The van der Waals surface area contributed by atoms with Gasteiger partial charge in [-0.25, -0.2) is 4.39 Å². The molecule has 4 unspecified atom stereocenters. The Bertz CT molecular complexity index is 1040. The van der Waals surface area contributed by atoms with Crippen molar-refractivity contribution in [3.63, 3.8) is 0 Å². The molecule has 5 atom stereocenters. The summed E-state index contributed by atoms with van der Waals surface area (Å²) in [4.78, 5) is 8.86. The molecule has 0 amide bonds. The molecule has 156 valence electrons. The molecule has 2 aromatic rings. The molecule has 3 fully saturated rings. The molecule has 0 radical (unpaired) electrons. The van der Waals surface area contributed by atoms with Gasteiger partial charge in [0.1, 0.15) is 5.82 Å². The minimum absolute atomic E-state index is 0.215. The molecule has 6 rings (SSSR count). The van der Waals surface area contributed by atoms with Gasteiger partial charge in [-0.3, -0.25) is 4.90 Å². The maximum atomic E-state index is 13.4. The van der Waals surface area contributed by atoms with E-state index in [1.807, 2.05) is 12.1 Å². The van der Waals surface area contributed by atoms with Gasteiger partial charge in [0.05, 0.1) is 5.69 Å². The van der Waals surface area contributed by atoms with Crippen molar-refractivity contribution in [2.24, 2.45) is 23.5 Å². The summed E-state index contributed by atoms with van der Waals surface area (Å²) in [6.07, 6.45) is 4.86. The second kappa shape index (κ2) is 6.48. The van der Waals surface area contributed by atoms with Gasteiger partial charge in [0.15, 0.2) is 0 Å². The van der Waals surface area contributed by atoms with Crippen LogP contribution < -0.4 is 5.73 Å². The Kier molecular flexibility index (Phi) is 3.94. The number of halogens is 1. The number of nitrogens with two attached hydrogens (primary N) is 1. The zero-order valence-electron chi connectivity index (χ0n) is 17.6. The van der Waals surface area contributed by atoms with E-state index in [1.165, 1.54) is 23.4 Å². The summed E-state index contributed by atoms with van der Waals surface area (Å²) in [5.41, 5.74) is 12.7. The molecule has 1 aromatic carbocycles. The van der Waals surface area contributed by atoms with Crippen molar-refractivity contribution < 1.29 is 4.39 Å². The van der Waals surface area contributed by atoms with Gasteiger partial charge in [0.25, 0.3) is 0 Å². The molecule has 4 nitrogen and oxygen atoms in total. The van der Waals surface area contributed by atoms with E-state index in [1.54, 1.807) is 6.20 Å². The van der Waals surface area contributed by atoms with Crippen LogP contribution in [0.25, 0.3) is 22.5 Å². The van der Waals surface area contributed by atoms with Crippen molar-refractivity contribution in [3.05, 3.63) is 59.7 Å². The lowest BCUT2D eigenvalue weighted by Gasteiger charge is -2.44. The van der Waals surface area contributed by atoms with E-state index in [4.69, 9.17) is 5.73 Å². The summed E-state index contributed by atoms with van der Waals surface area (Å²) in [6.45, 7) is 8.06. The lowest BCUT2D eigenvalue weighted by molar-refractivity contribution is 0.0848. The van der Waals surface area contributed by atoms with E-state index in [0.717, 1.165) is 72.4 Å². The first kappa shape index (κ1) is 18.3. The van der Waals surface area contributed by atoms with Crippen LogP contribution in [0.3, 0.4) is 0 Å². The van der Waals surface area contributed by atoms with Crippen molar-refractivity contribution in [1.29, 1.82) is 0 Å². The fraction of sp³-hybridized carbons (Fsp3) is 0.440. The Morgan fingerprint density at radius 3 is 2.57 bits per heavy atom. The number of rotatable bonds is 3. The van der Waals surface area contributed by atoms with E-state index in [2.05, 4.69) is 40.8 Å². The van der Waals surface area contributed by atoms with Crippen LogP contribution in [0.1, 0.15) is 31.5 Å². The van der Waals surface area contributed by atoms with Crippen molar-refractivity contribution in [3.8, 4) is 11.3 Å². The molecule has 4 aliphatic rings. The highest BCUT2D eigenvalue weighted by molar-refractivity contribution is 5.85. The van der Waals surface area contributed by atoms with Crippen molar-refractivity contribution >= 4 is 11.3 Å². The molecule has 2 saturated carbocycles. The quantitative estimate of drug-likeness (QED) is 0.809. The molecule has 0 bridgehead atoms. The highest BCUT2D eigenvalue weighted by Crippen LogP contribution is 2.70. The average molecular weight is 405 g/mol. The zero-order chi connectivity index (χ0) is 20.6. The van der Waals surface area contributed by atoms with Crippen LogP contribution in [0, 0.1) is 23.6 Å². The first-order valence-corrected chi connectivity index (χ1v) is 11.2. The molecule has 1 saturated heterocycles. The van der Waals surface area contributed by atoms with Gasteiger partial charge < -0.3 is 15.6 Å². The first-order chi connectivity index (χ1) is 14.6. The first-order valence-electron chi connectivity index (χ1n) is 11.2. The summed E-state index contributed by atoms with van der Waals surface area (Å²) in [7, 11) is 0. The summed E-state index contributed by atoms with van der Waals surface area (Å²) in [5, 5.41) is 0. The monoisotopic (exact) mass is 404 g/mol. The van der Waals surface area contributed by atoms with Crippen LogP contribution >= 0.6 is 0 Å². The largest absolute Gasteiger partial charge is 0.404 e. The second-order valence-electron chi connectivity index (χ2n) is 9.50. The van der Waals surface area contributed by atoms with E-state index < -0.39 is 0 Å². The van der Waals surface area contributed by atoms with E-state index >= 15 is 0 Å². The Morgan fingerprint density at radius 2 is 1.90 bits per heavy atom. The average Bonchev–Trinajstić information content (AvgIpc) is 3.60. The SMILES string of the molecule is CC1C2C(N3CCN(C4=CC/C(=C/N)c5[nH]c(-c6ccc(F)cc6)cc54)CC3C)[C@H]12. The number of aromatic nitrogens is 1. The van der Waals surface area contributed by atoms with E-state index in [-0.39, 0.29) is 5.82 Å². The smallest absolute Gasteiger partial charge is 0.123 e. The van der Waals surface area contributed by atoms with E-state index in [0.29, 0.717) is 6.04 Å². The summed E-state index contributed by atoms with van der Waals surface area (Å²) in [5.74, 6) is 2.72. The molecule has 3 N–H and O–H groups in total. The maximum Gasteiger partial charge on any atom is 0.123 e. The predicted molar refractivity (Wildman–Crippen MR) is 119 cm³/mol. The number of nitrogens with zero attached hydrogens (tertiary/aromatic N) is 2. The van der Waals surface area contributed by atoms with E-state index in [9.17, 15) is 4.39 Å². The van der Waals surface area contributed by atoms with Crippen LogP contribution in [-0.4, -0.2) is 46.5 Å². The second-order valence-corrected chi connectivity index (χ2v) is 9.50. The third-order valence-electron chi connectivity index (χ3n) is 7.85. The number of benzene rings is 1. The Balaban J connectivity index is 1.27. The normalized spacial score (nSPS) is 33.8. The Labute approximate surface area is 177 Å². The topological polar surface area (TPSA) is 48.3 Å². The summed E-state index contributed by atoms with van der Waals surface area (Å²) in [6, 6.07) is 10.3. The van der Waals surface area contributed by atoms with Crippen LogP contribution in [-0.2, 0) is 0 Å². The number of fused-ring (bicyclic) bond motifs is 2. The third-order valence-corrected chi connectivity index (χ3v) is 7.85. The summed E-state index contributed by atoms with van der Waals surface area (Å²) < 4.78 is 13.4. The molecule has 2 heterocycles. The number of nitrogens with one attached hydrogen (secondary N) is 1. The van der Waals surface area contributed by atoms with Crippen LogP contribution in [0.5, 0.6) is 0 Å². The summed E-state index contributed by atoms with van der Waals surface area (Å²) >= 11 is 0. The van der Waals surface area contributed by atoms with Gasteiger partial charge in [-0.2, -0.15) is 0 Å². The number of piperazine rings is 1. The molecule has 5 heteroatoms. The number of aromatic amines is 1. The third kappa shape index (κ3) is 2.68. The number of H-pyrrole nitrogens is 1. The predicted octanol–water partition coefficient (Wildman–Crippen LogP) is 4.14. The number of allylic oxidation sites excluding steroid dienone is 2. The highest BCUT2D eigenvalue weighted by Gasteiger charge is 2.73. The number of hydrogen-bond acceptors (Lipinski definition) is 3. The highest BCUT2D eigenvalue weighted by atomic mass is 19.1. The van der Waals surface area contributed by atoms with Crippen molar-refractivity contribution in [1.82, 2.24) is 14.8 Å². The lowest BCUT2D eigenvalue weighted by Crippen LogP contribution is -2.53. The lowest BCUT2D eigenvalue weighted by atomic mass is 9.95. The Hall–Kier alpha value is -2.53. The van der Waals surface area contributed by atoms with Crippen LogP contribution in [0.2, 0.25) is 0 Å². The number of hydrogen-bond donors (Lipinski definition) is 2. The molecule has 0 spiro atoms. The van der Waals surface area contributed by atoms with Crippen LogP contribution in [0.4, 0.5) is 4.39 Å². The van der Waals surface area contributed by atoms with Crippen LogP contribution in [0.15, 0.2) is 42.6 Å². The van der Waals surface area contributed by atoms with Gasteiger partial charge >= 0.3 is 0 Å². The van der Waals surface area contributed by atoms with Gasteiger partial charge in [0, 0.05) is 48.7 Å². The maximum absolute atomic E-state index is 13.4. The molecular formula is C25H29FN4. The fourth-order valence-electron chi connectivity index (χ4n) is 5.98. The Morgan fingerprint density at radius 1 is 1.13 bits per heavy atom. The standard InChI is InChI=1S/C25H29FN4/c1-14-13-29(9-10-30(14)25-22-15(2)23(22)25)21-8-5-17(12-27)24-19(21)11-20(28-24)16-3-6-18(26)7-4-16/h3-4,6-8,11-12,14-15,22-23,25,28H,5,9-10,13,27H2,1-2H3/b17-12-/t14?,15?,22-,23?,25?/m1/s1. The fourth-order valence-corrected chi connectivity index (χ4v) is 5.98. The minimum atomic E-state index is -0.215. The van der Waals surface area contributed by atoms with Gasteiger partial charge in [0.2, 0.25) is 0 Å². The molecular weight excluding hydrogens is 375 g/mol. The molecule has 3 aliphatic carbocycles. The zero-order valence-corrected chi connectivity index (χ0v) is 17.6. The van der Waals surface area contributed by atoms with Gasteiger partial charge in [-0.15, -0.1) is 0 Å². The molecule has 30 heavy (non-hydrogen) atoms. The van der Waals surface area contributed by atoms with Gasteiger partial charge in [-0.1, -0.05) is 13.0 Å². The van der Waals surface area contributed by atoms with Crippen molar-refractivity contribution in [2.75, 3.05) is 19.6 Å².